The summed E-state index contributed by atoms with van der Waals surface area (Å²) in [5.74, 6) is -1.08. The molecule has 9 heteroatoms. The number of hydrogen-bond donors (Lipinski definition) is 2. The largest absolute Gasteiger partial charge is 0.477 e. The minimum absolute atomic E-state index is 0.0805. The second-order valence-corrected chi connectivity index (χ2v) is 8.00. The molecular formula is C14H13IN2O4S2. The molecular weight excluding hydrogens is 451 g/mol. The number of thioether (sulfide) groups is 1. The molecule has 3 heterocycles. The molecule has 3 rings (SSSR count). The van der Waals surface area contributed by atoms with Gasteiger partial charge in [0.1, 0.15) is 17.1 Å². The molecule has 6 nitrogen and oxygen atoms in total. The van der Waals surface area contributed by atoms with Crippen LogP contribution in [0.4, 0.5) is 0 Å². The van der Waals surface area contributed by atoms with Gasteiger partial charge in [0.25, 0.3) is 5.91 Å². The molecule has 1 aromatic heterocycles. The van der Waals surface area contributed by atoms with Crippen molar-refractivity contribution in [2.45, 2.75) is 17.8 Å². The number of fused-ring (bicyclic) bond motifs is 1. The Morgan fingerprint density at radius 3 is 2.87 bits per heavy atom. The summed E-state index contributed by atoms with van der Waals surface area (Å²) in [4.78, 5) is 38.1. The molecule has 0 saturated carbocycles. The highest BCUT2D eigenvalue weighted by Crippen LogP contribution is 2.40. The number of carboxylic acids is 1. The molecule has 2 N–H and O–H groups in total. The van der Waals surface area contributed by atoms with Gasteiger partial charge in [-0.1, -0.05) is 28.7 Å². The number of thiophene rings is 1. The van der Waals surface area contributed by atoms with E-state index in [1.54, 1.807) is 0 Å². The molecule has 2 atom stereocenters. The number of halogens is 1. The van der Waals surface area contributed by atoms with E-state index < -0.39 is 12.0 Å². The minimum atomic E-state index is -1.08. The quantitative estimate of drug-likeness (QED) is 0.392. The van der Waals surface area contributed by atoms with Crippen LogP contribution >= 0.6 is 45.7 Å². The lowest BCUT2D eigenvalue weighted by atomic mass is 10.0. The zero-order valence-corrected chi connectivity index (χ0v) is 15.6. The van der Waals surface area contributed by atoms with Crippen LogP contribution in [0, 0.1) is 0 Å². The van der Waals surface area contributed by atoms with Gasteiger partial charge in [-0.3, -0.25) is 14.5 Å². The van der Waals surface area contributed by atoms with Gasteiger partial charge in [0.05, 0.1) is 6.42 Å². The Hall–Kier alpha value is -1.07. The number of amides is 2. The molecule has 1 aromatic rings. The average Bonchev–Trinajstić information content (AvgIpc) is 3.03. The van der Waals surface area contributed by atoms with Crippen molar-refractivity contribution in [3.8, 4) is 0 Å². The number of hydrogen-bond acceptors (Lipinski definition) is 5. The first kappa shape index (κ1) is 16.8. The van der Waals surface area contributed by atoms with Crippen LogP contribution in [-0.2, 0) is 20.8 Å². The van der Waals surface area contributed by atoms with Crippen LogP contribution in [0.25, 0.3) is 0 Å². The second kappa shape index (κ2) is 6.81. The smallest absolute Gasteiger partial charge is 0.352 e. The molecule has 1 saturated heterocycles. The van der Waals surface area contributed by atoms with Crippen LogP contribution in [0.1, 0.15) is 4.88 Å². The van der Waals surface area contributed by atoms with Crippen LogP contribution in [0.15, 0.2) is 28.8 Å². The predicted molar refractivity (Wildman–Crippen MR) is 96.6 cm³/mol. The monoisotopic (exact) mass is 464 g/mol. The van der Waals surface area contributed by atoms with Gasteiger partial charge < -0.3 is 10.4 Å². The highest BCUT2D eigenvalue weighted by molar-refractivity contribution is 14.1. The summed E-state index contributed by atoms with van der Waals surface area (Å²) in [6, 6.07) is 3.10. The van der Waals surface area contributed by atoms with Gasteiger partial charge in [-0.25, -0.2) is 4.79 Å². The summed E-state index contributed by atoms with van der Waals surface area (Å²) >= 11 is 5.08. The van der Waals surface area contributed by atoms with Gasteiger partial charge in [0, 0.05) is 15.1 Å². The third-order valence-electron chi connectivity index (χ3n) is 3.64. The number of aliphatic carboxylic acids is 1. The lowest BCUT2D eigenvalue weighted by molar-refractivity contribution is -0.150. The first-order valence-corrected chi connectivity index (χ1v) is 10.3. The molecule has 2 amide bonds. The molecule has 122 valence electrons. The maximum Gasteiger partial charge on any atom is 0.352 e. The normalized spacial score (nSPS) is 23.3. The Balaban J connectivity index is 1.69. The summed E-state index contributed by atoms with van der Waals surface area (Å²) in [6.45, 7) is 0. The third kappa shape index (κ3) is 3.13. The number of carboxylic acid groups (broad SMARTS) is 1. The predicted octanol–water partition coefficient (Wildman–Crippen LogP) is 1.46. The fraction of sp³-hybridized carbons (Fsp3) is 0.357. The Kier molecular flexibility index (Phi) is 4.97. The number of β-lactam (4-membered cyclic amide) rings is 1. The van der Waals surface area contributed by atoms with Gasteiger partial charge in [0.15, 0.2) is 0 Å². The summed E-state index contributed by atoms with van der Waals surface area (Å²) in [7, 11) is 0. The van der Waals surface area contributed by atoms with Crippen LogP contribution < -0.4 is 5.32 Å². The van der Waals surface area contributed by atoms with Crippen LogP contribution in [0.5, 0.6) is 0 Å². The number of rotatable bonds is 5. The summed E-state index contributed by atoms with van der Waals surface area (Å²) in [6.07, 6.45) is 0.236. The third-order valence-corrected chi connectivity index (χ3v) is 6.78. The van der Waals surface area contributed by atoms with Crippen molar-refractivity contribution in [1.82, 2.24) is 10.2 Å². The lowest BCUT2D eigenvalue weighted by Crippen LogP contribution is -2.70. The second-order valence-electron chi connectivity index (χ2n) is 5.10. The van der Waals surface area contributed by atoms with E-state index in [4.69, 9.17) is 0 Å². The van der Waals surface area contributed by atoms with Crippen LogP contribution in [-0.4, -0.2) is 49.4 Å². The van der Waals surface area contributed by atoms with E-state index in [0.717, 1.165) is 10.5 Å². The SMILES string of the molecule is O=C(Cc1cccs1)NC1C(=O)N2C(C(=O)O)=C(CI)CS[C@H]12. The zero-order chi connectivity index (χ0) is 16.6. The van der Waals surface area contributed by atoms with Crippen LogP contribution in [0.2, 0.25) is 0 Å². The van der Waals surface area contributed by atoms with Crippen molar-refractivity contribution in [2.75, 3.05) is 10.2 Å². The van der Waals surface area contributed by atoms with Crippen molar-refractivity contribution in [1.29, 1.82) is 0 Å². The Morgan fingerprint density at radius 2 is 2.26 bits per heavy atom. The van der Waals surface area contributed by atoms with E-state index in [0.29, 0.717) is 10.2 Å². The first-order valence-electron chi connectivity index (χ1n) is 6.80. The molecule has 1 fully saturated rings. The van der Waals surface area contributed by atoms with E-state index in [2.05, 4.69) is 27.9 Å². The summed E-state index contributed by atoms with van der Waals surface area (Å²) in [5.41, 5.74) is 0.827. The molecule has 2 aliphatic heterocycles. The van der Waals surface area contributed by atoms with Crippen molar-refractivity contribution in [2.24, 2.45) is 0 Å². The van der Waals surface area contributed by atoms with Gasteiger partial charge >= 0.3 is 5.97 Å². The molecule has 0 spiro atoms. The first-order chi connectivity index (χ1) is 11.0. The maximum absolute atomic E-state index is 12.3. The van der Waals surface area contributed by atoms with Crippen molar-refractivity contribution < 1.29 is 19.5 Å². The molecule has 0 aromatic carbocycles. The molecule has 0 bridgehead atoms. The minimum Gasteiger partial charge on any atom is -0.477 e. The van der Waals surface area contributed by atoms with E-state index >= 15 is 0 Å². The number of carbonyl (C=O) groups excluding carboxylic acids is 2. The van der Waals surface area contributed by atoms with Crippen molar-refractivity contribution in [3.05, 3.63) is 33.7 Å². The number of nitrogens with zero attached hydrogens (tertiary/aromatic N) is 1. The van der Waals surface area contributed by atoms with Crippen molar-refractivity contribution in [3.63, 3.8) is 0 Å². The molecule has 0 aliphatic carbocycles. The standard InChI is InChI=1S/C14H13IN2O4S2/c15-5-7-6-23-13-10(12(19)17(13)11(7)14(20)21)16-9(18)4-8-2-1-3-22-8/h1-3,10,13H,4-6H2,(H,16,18)(H,20,21)/t10?,13-/m1/s1. The van der Waals surface area contributed by atoms with Gasteiger partial charge in [-0.05, 0) is 17.0 Å². The fourth-order valence-electron chi connectivity index (χ4n) is 2.58. The Labute approximate surface area is 154 Å². The van der Waals surface area contributed by atoms with E-state index in [1.807, 2.05) is 17.5 Å². The number of alkyl halides is 1. The highest BCUT2D eigenvalue weighted by atomic mass is 127. The fourth-order valence-corrected chi connectivity index (χ4v) is 5.63. The van der Waals surface area contributed by atoms with E-state index in [-0.39, 0.29) is 29.3 Å². The van der Waals surface area contributed by atoms with Gasteiger partial charge in [0.2, 0.25) is 5.91 Å². The van der Waals surface area contributed by atoms with Gasteiger partial charge in [-0.15, -0.1) is 23.1 Å². The Bertz CT molecular complexity index is 689. The van der Waals surface area contributed by atoms with Crippen molar-refractivity contribution >= 4 is 63.5 Å². The number of carbonyl (C=O) groups is 3. The topological polar surface area (TPSA) is 86.7 Å². The number of nitrogens with one attached hydrogen (secondary N) is 1. The van der Waals surface area contributed by atoms with E-state index in [1.165, 1.54) is 28.0 Å². The Morgan fingerprint density at radius 1 is 1.48 bits per heavy atom. The lowest BCUT2D eigenvalue weighted by Gasteiger charge is -2.49. The molecule has 2 aliphatic rings. The molecule has 23 heavy (non-hydrogen) atoms. The molecule has 1 unspecified atom stereocenters. The average molecular weight is 464 g/mol. The van der Waals surface area contributed by atoms with Gasteiger partial charge in [-0.2, -0.15) is 0 Å². The van der Waals surface area contributed by atoms with E-state index in [9.17, 15) is 19.5 Å². The zero-order valence-electron chi connectivity index (χ0n) is 11.8. The molecule has 0 radical (unpaired) electrons. The highest BCUT2D eigenvalue weighted by Gasteiger charge is 2.53. The summed E-state index contributed by atoms with van der Waals surface area (Å²) in [5, 5.41) is 13.7. The van der Waals surface area contributed by atoms with Crippen LogP contribution in [0.3, 0.4) is 0 Å². The maximum atomic E-state index is 12.3. The summed E-state index contributed by atoms with van der Waals surface area (Å²) < 4.78 is 0.568.